The van der Waals surface area contributed by atoms with Crippen molar-refractivity contribution in [2.75, 3.05) is 5.32 Å². The Morgan fingerprint density at radius 3 is 2.73 bits per heavy atom. The normalized spacial score (nSPS) is 10.9. The second kappa shape index (κ2) is 5.83. The van der Waals surface area contributed by atoms with Crippen LogP contribution in [0.4, 0.5) is 9.52 Å². The molecule has 0 unspecified atom stereocenters. The van der Waals surface area contributed by atoms with E-state index in [9.17, 15) is 9.18 Å². The predicted molar refractivity (Wildman–Crippen MR) is 88.7 cm³/mol. The fourth-order valence-corrected chi connectivity index (χ4v) is 3.35. The van der Waals surface area contributed by atoms with Crippen molar-refractivity contribution in [3.63, 3.8) is 0 Å². The molecule has 0 aliphatic carbocycles. The van der Waals surface area contributed by atoms with Crippen LogP contribution in [0.15, 0.2) is 30.3 Å². The maximum atomic E-state index is 13.7. The lowest BCUT2D eigenvalue weighted by Crippen LogP contribution is -2.14. The molecule has 1 amide bonds. The van der Waals surface area contributed by atoms with Gasteiger partial charge < -0.3 is 0 Å². The van der Waals surface area contributed by atoms with E-state index < -0.39 is 11.7 Å². The summed E-state index contributed by atoms with van der Waals surface area (Å²) in [6.07, 6.45) is 0. The molecule has 0 saturated heterocycles. The van der Waals surface area contributed by atoms with Crippen LogP contribution in [0.25, 0.3) is 10.2 Å². The molecule has 3 nitrogen and oxygen atoms in total. The lowest BCUT2D eigenvalue weighted by atomic mass is 10.2. The van der Waals surface area contributed by atoms with E-state index in [4.69, 9.17) is 23.2 Å². The third kappa shape index (κ3) is 2.67. The summed E-state index contributed by atoms with van der Waals surface area (Å²) in [5.41, 5.74) is 1.35. The highest BCUT2D eigenvalue weighted by atomic mass is 35.5. The number of thiazole rings is 1. The summed E-state index contributed by atoms with van der Waals surface area (Å²) in [4.78, 5) is 16.5. The minimum atomic E-state index is -0.676. The molecular weight excluding hydrogens is 346 g/mol. The van der Waals surface area contributed by atoms with E-state index in [1.807, 2.05) is 13.0 Å². The quantitative estimate of drug-likeness (QED) is 0.678. The Labute approximate surface area is 139 Å². The van der Waals surface area contributed by atoms with Crippen molar-refractivity contribution in [3.05, 3.63) is 57.3 Å². The molecule has 0 fully saturated rings. The lowest BCUT2D eigenvalue weighted by molar-refractivity contribution is 0.102. The Bertz CT molecular complexity index is 874. The Morgan fingerprint density at radius 1 is 1.23 bits per heavy atom. The highest BCUT2D eigenvalue weighted by Crippen LogP contribution is 2.32. The average molecular weight is 355 g/mol. The highest BCUT2D eigenvalue weighted by Gasteiger charge is 2.18. The van der Waals surface area contributed by atoms with Crippen LogP contribution in [0.1, 0.15) is 15.9 Å². The third-order valence-electron chi connectivity index (χ3n) is 3.16. The average Bonchev–Trinajstić information content (AvgIpc) is 2.86. The van der Waals surface area contributed by atoms with E-state index in [0.717, 1.165) is 10.3 Å². The molecule has 1 heterocycles. The zero-order valence-electron chi connectivity index (χ0n) is 11.3. The summed E-state index contributed by atoms with van der Waals surface area (Å²) < 4.78 is 14.6. The molecule has 0 bridgehead atoms. The summed E-state index contributed by atoms with van der Waals surface area (Å²) in [6.45, 7) is 1.85. The summed E-state index contributed by atoms with van der Waals surface area (Å²) in [7, 11) is 0. The van der Waals surface area contributed by atoms with Gasteiger partial charge in [0, 0.05) is 5.02 Å². The van der Waals surface area contributed by atoms with Gasteiger partial charge in [0.2, 0.25) is 0 Å². The van der Waals surface area contributed by atoms with Gasteiger partial charge in [-0.25, -0.2) is 9.37 Å². The minimum Gasteiger partial charge on any atom is -0.298 e. The van der Waals surface area contributed by atoms with Crippen molar-refractivity contribution >= 4 is 55.8 Å². The maximum absolute atomic E-state index is 13.7. The fraction of sp³-hybridized carbons (Fsp3) is 0.0667. The van der Waals surface area contributed by atoms with Gasteiger partial charge in [0.15, 0.2) is 5.13 Å². The summed E-state index contributed by atoms with van der Waals surface area (Å²) in [6, 6.07) is 7.69. The highest BCUT2D eigenvalue weighted by molar-refractivity contribution is 7.22. The number of halogens is 3. The van der Waals surface area contributed by atoms with E-state index in [0.29, 0.717) is 15.7 Å². The van der Waals surface area contributed by atoms with Gasteiger partial charge >= 0.3 is 0 Å². The number of anilines is 1. The van der Waals surface area contributed by atoms with Crippen molar-refractivity contribution < 1.29 is 9.18 Å². The number of aromatic nitrogens is 1. The minimum absolute atomic E-state index is 0.0536. The first-order valence-corrected chi connectivity index (χ1v) is 7.85. The molecule has 3 aromatic rings. The molecule has 22 heavy (non-hydrogen) atoms. The second-order valence-electron chi connectivity index (χ2n) is 4.59. The topological polar surface area (TPSA) is 42.0 Å². The largest absolute Gasteiger partial charge is 0.298 e. The van der Waals surface area contributed by atoms with Crippen LogP contribution in [0.2, 0.25) is 10.0 Å². The second-order valence-corrected chi connectivity index (χ2v) is 6.43. The molecule has 7 heteroatoms. The molecule has 0 atom stereocenters. The molecular formula is C15H9Cl2FN2OS. The predicted octanol–water partition coefficient (Wildman–Crippen LogP) is 5.30. The van der Waals surface area contributed by atoms with Gasteiger partial charge in [0.1, 0.15) is 5.82 Å². The van der Waals surface area contributed by atoms with Gasteiger partial charge in [0.25, 0.3) is 5.91 Å². The molecule has 2 aromatic carbocycles. The molecule has 0 aliphatic heterocycles. The van der Waals surface area contributed by atoms with Crippen molar-refractivity contribution in [3.8, 4) is 0 Å². The summed E-state index contributed by atoms with van der Waals surface area (Å²) >= 11 is 13.2. The molecule has 112 valence electrons. The van der Waals surface area contributed by atoms with Gasteiger partial charge in [-0.1, -0.05) is 40.6 Å². The Morgan fingerprint density at radius 2 is 2.00 bits per heavy atom. The fourth-order valence-electron chi connectivity index (χ4n) is 2.03. The number of aryl methyl sites for hydroxylation is 1. The van der Waals surface area contributed by atoms with Gasteiger partial charge in [-0.05, 0) is 36.8 Å². The molecule has 1 aromatic heterocycles. The monoisotopic (exact) mass is 354 g/mol. The van der Waals surface area contributed by atoms with Crippen LogP contribution in [-0.4, -0.2) is 10.9 Å². The van der Waals surface area contributed by atoms with Crippen LogP contribution in [-0.2, 0) is 0 Å². The SMILES string of the molecule is Cc1c(Cl)ccc2sc(NC(=O)c3c(F)cccc3Cl)nc12. The molecule has 0 saturated carbocycles. The number of amides is 1. The van der Waals surface area contributed by atoms with Gasteiger partial charge in [-0.15, -0.1) is 0 Å². The molecule has 1 N–H and O–H groups in total. The smallest absolute Gasteiger partial charge is 0.261 e. The van der Waals surface area contributed by atoms with Gasteiger partial charge in [-0.2, -0.15) is 0 Å². The first-order chi connectivity index (χ1) is 10.5. The maximum Gasteiger partial charge on any atom is 0.261 e. The molecule has 0 aliphatic rings. The number of rotatable bonds is 2. The zero-order valence-corrected chi connectivity index (χ0v) is 13.6. The van der Waals surface area contributed by atoms with Crippen LogP contribution >= 0.6 is 34.5 Å². The number of hydrogen-bond donors (Lipinski definition) is 1. The Kier molecular flexibility index (Phi) is 4.04. The Hall–Kier alpha value is -1.69. The number of nitrogens with one attached hydrogen (secondary N) is 1. The third-order valence-corrected chi connectivity index (χ3v) is 4.82. The van der Waals surface area contributed by atoms with Crippen molar-refractivity contribution in [2.24, 2.45) is 0 Å². The number of carbonyl (C=O) groups is 1. The lowest BCUT2D eigenvalue weighted by Gasteiger charge is -2.04. The molecule has 0 spiro atoms. The van der Waals surface area contributed by atoms with Crippen molar-refractivity contribution in [2.45, 2.75) is 6.92 Å². The van der Waals surface area contributed by atoms with E-state index in [1.54, 1.807) is 6.07 Å². The zero-order chi connectivity index (χ0) is 15.9. The Balaban J connectivity index is 1.96. The number of fused-ring (bicyclic) bond motifs is 1. The van der Waals surface area contributed by atoms with Crippen molar-refractivity contribution in [1.82, 2.24) is 4.98 Å². The van der Waals surface area contributed by atoms with Crippen LogP contribution < -0.4 is 5.32 Å². The molecule has 3 rings (SSSR count). The van der Waals surface area contributed by atoms with Gasteiger partial charge in [-0.3, -0.25) is 10.1 Å². The van der Waals surface area contributed by atoms with E-state index in [-0.39, 0.29) is 10.6 Å². The van der Waals surface area contributed by atoms with E-state index in [1.165, 1.54) is 29.5 Å². The van der Waals surface area contributed by atoms with Crippen molar-refractivity contribution in [1.29, 1.82) is 0 Å². The summed E-state index contributed by atoms with van der Waals surface area (Å²) in [5.74, 6) is -1.31. The summed E-state index contributed by atoms with van der Waals surface area (Å²) in [5, 5.41) is 3.60. The van der Waals surface area contributed by atoms with E-state index >= 15 is 0 Å². The number of benzene rings is 2. The first kappa shape index (κ1) is 15.2. The van der Waals surface area contributed by atoms with E-state index in [2.05, 4.69) is 10.3 Å². The number of hydrogen-bond acceptors (Lipinski definition) is 3. The van der Waals surface area contributed by atoms with Crippen LogP contribution in [0, 0.1) is 12.7 Å². The van der Waals surface area contributed by atoms with Gasteiger partial charge in [0.05, 0.1) is 20.8 Å². The van der Waals surface area contributed by atoms with Crippen LogP contribution in [0.5, 0.6) is 0 Å². The number of carbonyl (C=O) groups excluding carboxylic acids is 1. The molecule has 0 radical (unpaired) electrons. The standard InChI is InChI=1S/C15H9Cl2FN2OS/c1-7-8(16)5-6-11-13(7)19-15(22-11)20-14(21)12-9(17)3-2-4-10(12)18/h2-6H,1H3,(H,19,20,21). The van der Waals surface area contributed by atoms with Crippen LogP contribution in [0.3, 0.4) is 0 Å². The number of nitrogens with zero attached hydrogens (tertiary/aromatic N) is 1. The first-order valence-electron chi connectivity index (χ1n) is 6.28.